The van der Waals surface area contributed by atoms with Gasteiger partial charge in [-0.05, 0) is 32.1 Å². The minimum absolute atomic E-state index is 0.0817. The van der Waals surface area contributed by atoms with Crippen LogP contribution >= 0.6 is 11.3 Å². The number of halogens is 1. The highest BCUT2D eigenvalue weighted by atomic mass is 32.1. The second-order valence-corrected chi connectivity index (χ2v) is 7.88. The van der Waals surface area contributed by atoms with E-state index in [1.807, 2.05) is 12.4 Å². The van der Waals surface area contributed by atoms with E-state index in [9.17, 15) is 9.18 Å². The molecule has 1 saturated heterocycles. The molecule has 132 valence electrons. The van der Waals surface area contributed by atoms with Gasteiger partial charge in [0, 0.05) is 44.2 Å². The molecule has 2 heterocycles. The Morgan fingerprint density at radius 3 is 3.08 bits per heavy atom. The van der Waals surface area contributed by atoms with E-state index >= 15 is 0 Å². The first kappa shape index (κ1) is 17.5. The van der Waals surface area contributed by atoms with Crippen molar-refractivity contribution in [2.24, 2.45) is 0 Å². The van der Waals surface area contributed by atoms with Gasteiger partial charge in [-0.2, -0.15) is 0 Å². The molecule has 24 heavy (non-hydrogen) atoms. The quantitative estimate of drug-likeness (QED) is 0.737. The molecular weight excluding hydrogens is 325 g/mol. The number of thiazole rings is 1. The Balaban J connectivity index is 1.54. The van der Waals surface area contributed by atoms with Crippen LogP contribution in [-0.4, -0.2) is 53.0 Å². The van der Waals surface area contributed by atoms with Crippen LogP contribution in [0.2, 0.25) is 0 Å². The van der Waals surface area contributed by atoms with Gasteiger partial charge in [0.25, 0.3) is 0 Å². The summed E-state index contributed by atoms with van der Waals surface area (Å²) in [5, 5.41) is 2.95. The number of alkyl halides is 1. The molecular formula is C18H26FN3OS. The third-order valence-corrected chi connectivity index (χ3v) is 5.74. The number of carbonyl (C=O) groups excluding carboxylic acids is 1. The summed E-state index contributed by atoms with van der Waals surface area (Å²) in [4.78, 5) is 20.7. The molecule has 3 rings (SSSR count). The summed E-state index contributed by atoms with van der Waals surface area (Å²) >= 11 is 1.60. The maximum atomic E-state index is 13.9. The van der Waals surface area contributed by atoms with Crippen LogP contribution in [0.15, 0.2) is 23.2 Å². The Morgan fingerprint density at radius 2 is 2.38 bits per heavy atom. The van der Waals surface area contributed by atoms with E-state index < -0.39 is 6.17 Å². The van der Waals surface area contributed by atoms with Gasteiger partial charge in [0.15, 0.2) is 0 Å². The standard InChI is InChI=1S/C18H26FN3OS/c1-21(18(23)9-14-5-3-2-4-6-14)12-16-10-15(19)11-22(16)13-17-20-7-8-24-17/h5,7-8,15-16H,2-4,6,9-13H2,1H3/t15-,16-/m0/s1. The number of likely N-dealkylation sites (tertiary alicyclic amines) is 1. The Labute approximate surface area is 147 Å². The monoisotopic (exact) mass is 351 g/mol. The molecule has 0 N–H and O–H groups in total. The fraction of sp³-hybridized carbons (Fsp3) is 0.667. The number of likely N-dealkylation sites (N-methyl/N-ethyl adjacent to an activating group) is 1. The highest BCUT2D eigenvalue weighted by Crippen LogP contribution is 2.25. The molecule has 1 aliphatic heterocycles. The summed E-state index contributed by atoms with van der Waals surface area (Å²) in [7, 11) is 1.85. The smallest absolute Gasteiger partial charge is 0.226 e. The maximum absolute atomic E-state index is 13.9. The first-order chi connectivity index (χ1) is 11.6. The van der Waals surface area contributed by atoms with Gasteiger partial charge in [0.05, 0.1) is 6.54 Å². The van der Waals surface area contributed by atoms with Gasteiger partial charge in [-0.1, -0.05) is 11.6 Å². The van der Waals surface area contributed by atoms with Gasteiger partial charge >= 0.3 is 0 Å². The first-order valence-corrected chi connectivity index (χ1v) is 9.68. The summed E-state index contributed by atoms with van der Waals surface area (Å²) in [6, 6.07) is 0.0817. The van der Waals surface area contributed by atoms with Crippen LogP contribution in [0.5, 0.6) is 0 Å². The predicted molar refractivity (Wildman–Crippen MR) is 94.6 cm³/mol. The van der Waals surface area contributed by atoms with Crippen LogP contribution in [0.4, 0.5) is 4.39 Å². The van der Waals surface area contributed by atoms with E-state index in [4.69, 9.17) is 0 Å². The number of nitrogens with zero attached hydrogens (tertiary/aromatic N) is 3. The molecule has 0 spiro atoms. The van der Waals surface area contributed by atoms with Crippen molar-refractivity contribution in [3.8, 4) is 0 Å². The van der Waals surface area contributed by atoms with Gasteiger partial charge in [0.1, 0.15) is 11.2 Å². The predicted octanol–water partition coefficient (Wildman–Crippen LogP) is 3.40. The summed E-state index contributed by atoms with van der Waals surface area (Å²) in [5.74, 6) is 0.152. The van der Waals surface area contributed by atoms with Crippen LogP contribution < -0.4 is 0 Å². The maximum Gasteiger partial charge on any atom is 0.226 e. The van der Waals surface area contributed by atoms with Crippen molar-refractivity contribution in [3.05, 3.63) is 28.2 Å². The first-order valence-electron chi connectivity index (χ1n) is 8.80. The molecule has 1 fully saturated rings. The average molecular weight is 351 g/mol. The second kappa shape index (κ2) is 8.21. The van der Waals surface area contributed by atoms with Gasteiger partial charge < -0.3 is 4.90 Å². The van der Waals surface area contributed by atoms with Crippen molar-refractivity contribution < 1.29 is 9.18 Å². The molecule has 0 radical (unpaired) electrons. The van der Waals surface area contributed by atoms with Gasteiger partial charge in [-0.3, -0.25) is 9.69 Å². The van der Waals surface area contributed by atoms with E-state index in [1.54, 1.807) is 22.4 Å². The second-order valence-electron chi connectivity index (χ2n) is 6.90. The number of aromatic nitrogens is 1. The third kappa shape index (κ3) is 4.63. The molecule has 0 bridgehead atoms. The minimum Gasteiger partial charge on any atom is -0.344 e. The number of rotatable bonds is 6. The van der Waals surface area contributed by atoms with E-state index in [-0.39, 0.29) is 11.9 Å². The zero-order valence-corrected chi connectivity index (χ0v) is 15.1. The Morgan fingerprint density at radius 1 is 1.50 bits per heavy atom. The Kier molecular flexibility index (Phi) is 6.00. The number of amides is 1. The molecule has 0 saturated carbocycles. The van der Waals surface area contributed by atoms with Gasteiger partial charge in [0.2, 0.25) is 5.91 Å². The molecule has 1 amide bonds. The van der Waals surface area contributed by atoms with Crippen LogP contribution in [-0.2, 0) is 11.3 Å². The topological polar surface area (TPSA) is 36.4 Å². The molecule has 2 aliphatic rings. The van der Waals surface area contributed by atoms with Crippen molar-refractivity contribution in [1.29, 1.82) is 0 Å². The van der Waals surface area contributed by atoms with Crippen LogP contribution in [0.3, 0.4) is 0 Å². The molecule has 0 aromatic carbocycles. The molecule has 1 aromatic rings. The van der Waals surface area contributed by atoms with Gasteiger partial charge in [-0.25, -0.2) is 9.37 Å². The molecule has 4 nitrogen and oxygen atoms in total. The lowest BCUT2D eigenvalue weighted by molar-refractivity contribution is -0.129. The lowest BCUT2D eigenvalue weighted by atomic mass is 9.97. The lowest BCUT2D eigenvalue weighted by Gasteiger charge is -2.28. The SMILES string of the molecule is CN(C[C@@H]1C[C@H](F)CN1Cc1nccs1)C(=O)CC1=CCCCC1. The highest BCUT2D eigenvalue weighted by Gasteiger charge is 2.33. The van der Waals surface area contributed by atoms with Crippen LogP contribution in [0.25, 0.3) is 0 Å². The van der Waals surface area contributed by atoms with Crippen molar-refractivity contribution in [2.75, 3.05) is 20.1 Å². The lowest BCUT2D eigenvalue weighted by Crippen LogP contribution is -2.41. The number of allylic oxidation sites excluding steroid dienone is 1. The number of hydrogen-bond donors (Lipinski definition) is 0. The van der Waals surface area contributed by atoms with E-state index in [0.717, 1.165) is 17.8 Å². The molecule has 1 aromatic heterocycles. The summed E-state index contributed by atoms with van der Waals surface area (Å²) in [6.07, 6.45) is 8.80. The normalized spacial score (nSPS) is 24.8. The van der Waals surface area contributed by atoms with Crippen LogP contribution in [0.1, 0.15) is 43.5 Å². The minimum atomic E-state index is -0.806. The summed E-state index contributed by atoms with van der Waals surface area (Å²) in [6.45, 7) is 1.71. The van der Waals surface area contributed by atoms with Crippen molar-refractivity contribution in [2.45, 2.75) is 57.3 Å². The zero-order valence-electron chi connectivity index (χ0n) is 14.3. The number of carbonyl (C=O) groups is 1. The average Bonchev–Trinajstić information content (AvgIpc) is 3.19. The highest BCUT2D eigenvalue weighted by molar-refractivity contribution is 7.09. The molecule has 0 unspecified atom stereocenters. The zero-order chi connectivity index (χ0) is 16.9. The largest absolute Gasteiger partial charge is 0.344 e. The van der Waals surface area contributed by atoms with E-state index in [0.29, 0.717) is 32.5 Å². The molecule has 1 aliphatic carbocycles. The van der Waals surface area contributed by atoms with Crippen LogP contribution in [0, 0.1) is 0 Å². The van der Waals surface area contributed by atoms with Crippen molar-refractivity contribution in [3.63, 3.8) is 0 Å². The molecule has 6 heteroatoms. The van der Waals surface area contributed by atoms with E-state index in [1.165, 1.54) is 18.4 Å². The fourth-order valence-electron chi connectivity index (χ4n) is 3.62. The Hall–Kier alpha value is -1.27. The Bertz CT molecular complexity index is 575. The van der Waals surface area contributed by atoms with Gasteiger partial charge in [-0.15, -0.1) is 11.3 Å². The summed E-state index contributed by atoms with van der Waals surface area (Å²) in [5.41, 5.74) is 1.27. The van der Waals surface area contributed by atoms with Crippen molar-refractivity contribution in [1.82, 2.24) is 14.8 Å². The number of hydrogen-bond acceptors (Lipinski definition) is 4. The summed E-state index contributed by atoms with van der Waals surface area (Å²) < 4.78 is 13.9. The van der Waals surface area contributed by atoms with E-state index in [2.05, 4.69) is 16.0 Å². The third-order valence-electron chi connectivity index (χ3n) is 4.97. The fourth-order valence-corrected chi connectivity index (χ4v) is 4.26. The molecule has 2 atom stereocenters. The van der Waals surface area contributed by atoms with Crippen molar-refractivity contribution >= 4 is 17.2 Å².